The Labute approximate surface area is 180 Å². The van der Waals surface area contributed by atoms with E-state index in [0.717, 1.165) is 31.7 Å². The number of nitrogens with one attached hydrogen (secondary N) is 2. The van der Waals surface area contributed by atoms with Crippen LogP contribution in [0.5, 0.6) is 0 Å². The number of carbonyl (C=O) groups excluding carboxylic acids is 2. The predicted octanol–water partition coefficient (Wildman–Crippen LogP) is 3.48. The van der Waals surface area contributed by atoms with Gasteiger partial charge in [0, 0.05) is 42.9 Å². The first-order valence-corrected chi connectivity index (χ1v) is 10.5. The highest BCUT2D eigenvalue weighted by Crippen LogP contribution is 2.46. The van der Waals surface area contributed by atoms with E-state index in [0.29, 0.717) is 33.6 Å². The number of nitrogens with zero attached hydrogens (tertiary/aromatic N) is 1. The summed E-state index contributed by atoms with van der Waals surface area (Å²) in [4.78, 5) is 28.9. The van der Waals surface area contributed by atoms with E-state index in [4.69, 9.17) is 5.73 Å². The van der Waals surface area contributed by atoms with Gasteiger partial charge in [-0.1, -0.05) is 54.6 Å². The fraction of sp³-hybridized carbons (Fsp3) is 0.200. The second-order valence-corrected chi connectivity index (χ2v) is 8.62. The Bertz CT molecular complexity index is 1250. The first-order valence-electron chi connectivity index (χ1n) is 10.5. The molecule has 2 heterocycles. The Balaban J connectivity index is 1.35. The molecule has 0 aromatic heterocycles. The Morgan fingerprint density at radius 1 is 0.903 bits per heavy atom. The molecule has 0 radical (unpaired) electrons. The van der Waals surface area contributed by atoms with Gasteiger partial charge in [0.25, 0.3) is 0 Å². The summed E-state index contributed by atoms with van der Waals surface area (Å²) in [5.74, 6) is -0.343. The van der Waals surface area contributed by atoms with Crippen molar-refractivity contribution >= 4 is 28.6 Å². The molecule has 2 aliphatic heterocycles. The Hall–Kier alpha value is -3.64. The number of rotatable bonds is 2. The zero-order valence-corrected chi connectivity index (χ0v) is 16.9. The highest BCUT2D eigenvalue weighted by atomic mass is 16.1. The molecule has 154 valence electrons. The van der Waals surface area contributed by atoms with Crippen molar-refractivity contribution in [3.05, 3.63) is 88.5 Å². The number of ketones is 2. The highest BCUT2D eigenvalue weighted by molar-refractivity contribution is 6.32. The van der Waals surface area contributed by atoms with E-state index >= 15 is 0 Å². The molecule has 1 fully saturated rings. The lowest BCUT2D eigenvalue weighted by atomic mass is 9.82. The van der Waals surface area contributed by atoms with E-state index in [1.165, 1.54) is 5.56 Å². The number of fused-ring (bicyclic) bond motifs is 4. The molecule has 3 aromatic carbocycles. The van der Waals surface area contributed by atoms with Crippen molar-refractivity contribution in [3.8, 4) is 0 Å². The number of anilines is 3. The lowest BCUT2D eigenvalue weighted by molar-refractivity contribution is 0.0980. The molecular formula is C25H22N4O2. The average Bonchev–Trinajstić information content (AvgIpc) is 3.33. The van der Waals surface area contributed by atoms with Crippen molar-refractivity contribution in [1.82, 2.24) is 4.90 Å². The molecule has 31 heavy (non-hydrogen) atoms. The SMILES string of the molecule is Nc1cc2c(c3c1C(=O)c1ccccc1C3=O)NC1(CCN(Cc3ccccc3)C1)N2. The molecular weight excluding hydrogens is 388 g/mol. The topological polar surface area (TPSA) is 87.5 Å². The zero-order valence-electron chi connectivity index (χ0n) is 16.9. The summed E-state index contributed by atoms with van der Waals surface area (Å²) < 4.78 is 0. The smallest absolute Gasteiger partial charge is 0.196 e. The predicted molar refractivity (Wildman–Crippen MR) is 120 cm³/mol. The van der Waals surface area contributed by atoms with Crippen molar-refractivity contribution in [2.24, 2.45) is 0 Å². The molecule has 1 unspecified atom stereocenters. The molecule has 6 rings (SSSR count). The Kier molecular flexibility index (Phi) is 3.76. The monoisotopic (exact) mass is 410 g/mol. The summed E-state index contributed by atoms with van der Waals surface area (Å²) in [5.41, 5.74) is 10.6. The van der Waals surface area contributed by atoms with Gasteiger partial charge in [-0.15, -0.1) is 0 Å². The number of benzene rings is 3. The minimum Gasteiger partial charge on any atom is -0.398 e. The highest BCUT2D eigenvalue weighted by Gasteiger charge is 2.46. The summed E-state index contributed by atoms with van der Waals surface area (Å²) in [6.45, 7) is 2.58. The standard InChI is InChI=1S/C25H22N4O2/c26-18-12-19-22(21-20(18)23(30)16-8-4-5-9-17(16)24(21)31)28-25(27-19)10-11-29(14-25)13-15-6-2-1-3-7-15/h1-9,12,27-28H,10-11,13-14,26H2. The maximum atomic E-state index is 13.4. The average molecular weight is 410 g/mol. The van der Waals surface area contributed by atoms with Crippen LogP contribution in [0, 0.1) is 0 Å². The number of nitrogen functional groups attached to an aromatic ring is 1. The second-order valence-electron chi connectivity index (χ2n) is 8.62. The molecule has 1 spiro atoms. The van der Waals surface area contributed by atoms with E-state index < -0.39 is 0 Å². The fourth-order valence-electron chi connectivity index (χ4n) is 5.15. The van der Waals surface area contributed by atoms with Crippen molar-refractivity contribution in [2.75, 3.05) is 29.5 Å². The number of nitrogens with two attached hydrogens (primary N) is 1. The quantitative estimate of drug-likeness (QED) is 0.439. The third kappa shape index (κ3) is 2.68. The van der Waals surface area contributed by atoms with Crippen LogP contribution in [0.3, 0.4) is 0 Å². The Morgan fingerprint density at radius 2 is 1.58 bits per heavy atom. The molecule has 6 heteroatoms. The first-order chi connectivity index (χ1) is 15.0. The van der Waals surface area contributed by atoms with Crippen molar-refractivity contribution in [2.45, 2.75) is 18.6 Å². The van der Waals surface area contributed by atoms with Gasteiger partial charge in [0.2, 0.25) is 0 Å². The molecule has 1 atom stereocenters. The van der Waals surface area contributed by atoms with E-state index in [2.05, 4.69) is 39.8 Å². The maximum Gasteiger partial charge on any atom is 0.196 e. The lowest BCUT2D eigenvalue weighted by Gasteiger charge is -2.26. The summed E-state index contributed by atoms with van der Waals surface area (Å²) >= 11 is 0. The lowest BCUT2D eigenvalue weighted by Crippen LogP contribution is -2.44. The third-order valence-corrected chi connectivity index (χ3v) is 6.56. The van der Waals surface area contributed by atoms with E-state index in [1.807, 2.05) is 6.07 Å². The largest absolute Gasteiger partial charge is 0.398 e. The molecule has 0 amide bonds. The van der Waals surface area contributed by atoms with Crippen molar-refractivity contribution in [3.63, 3.8) is 0 Å². The maximum absolute atomic E-state index is 13.4. The summed E-state index contributed by atoms with van der Waals surface area (Å²) in [6.07, 6.45) is 0.877. The minimum absolute atomic E-state index is 0.153. The van der Waals surface area contributed by atoms with Gasteiger partial charge >= 0.3 is 0 Å². The molecule has 1 aliphatic carbocycles. The van der Waals surface area contributed by atoms with Crippen LogP contribution in [0.2, 0.25) is 0 Å². The van der Waals surface area contributed by atoms with Crippen LogP contribution in [0.1, 0.15) is 43.8 Å². The number of carbonyl (C=O) groups is 2. The van der Waals surface area contributed by atoms with Gasteiger partial charge in [-0.2, -0.15) is 0 Å². The van der Waals surface area contributed by atoms with Gasteiger partial charge in [0.15, 0.2) is 11.6 Å². The van der Waals surface area contributed by atoms with Crippen LogP contribution in [0.25, 0.3) is 0 Å². The van der Waals surface area contributed by atoms with Crippen LogP contribution >= 0.6 is 0 Å². The van der Waals surface area contributed by atoms with Crippen LogP contribution in [0.4, 0.5) is 17.1 Å². The fourth-order valence-corrected chi connectivity index (χ4v) is 5.15. The van der Waals surface area contributed by atoms with Gasteiger partial charge in [-0.3, -0.25) is 14.5 Å². The number of hydrogen-bond acceptors (Lipinski definition) is 6. The van der Waals surface area contributed by atoms with E-state index in [1.54, 1.807) is 30.3 Å². The van der Waals surface area contributed by atoms with Crippen LogP contribution in [-0.2, 0) is 6.54 Å². The van der Waals surface area contributed by atoms with Crippen LogP contribution < -0.4 is 16.4 Å². The van der Waals surface area contributed by atoms with Crippen LogP contribution in [-0.4, -0.2) is 35.2 Å². The second kappa shape index (κ2) is 6.43. The summed E-state index contributed by atoms with van der Waals surface area (Å²) in [5, 5.41) is 7.16. The minimum atomic E-state index is -0.376. The molecule has 1 saturated heterocycles. The molecule has 6 nitrogen and oxygen atoms in total. The van der Waals surface area contributed by atoms with Gasteiger partial charge in [-0.05, 0) is 11.6 Å². The zero-order chi connectivity index (χ0) is 21.2. The van der Waals surface area contributed by atoms with Gasteiger partial charge in [0.05, 0.1) is 22.5 Å². The Morgan fingerprint density at radius 3 is 2.32 bits per heavy atom. The molecule has 3 aliphatic rings. The number of likely N-dealkylation sites (tertiary alicyclic amines) is 1. The van der Waals surface area contributed by atoms with Gasteiger partial charge < -0.3 is 16.4 Å². The van der Waals surface area contributed by atoms with E-state index in [-0.39, 0.29) is 17.2 Å². The van der Waals surface area contributed by atoms with Crippen LogP contribution in [0.15, 0.2) is 60.7 Å². The third-order valence-electron chi connectivity index (χ3n) is 6.56. The van der Waals surface area contributed by atoms with Gasteiger partial charge in [0.1, 0.15) is 5.66 Å². The molecule has 0 bridgehead atoms. The van der Waals surface area contributed by atoms with Crippen molar-refractivity contribution in [1.29, 1.82) is 0 Å². The summed E-state index contributed by atoms with van der Waals surface area (Å²) in [7, 11) is 0. The normalized spacial score (nSPS) is 21.4. The summed E-state index contributed by atoms with van der Waals surface area (Å²) in [6, 6.07) is 19.1. The van der Waals surface area contributed by atoms with Crippen molar-refractivity contribution < 1.29 is 9.59 Å². The molecule has 0 saturated carbocycles. The first kappa shape index (κ1) is 18.2. The van der Waals surface area contributed by atoms with E-state index in [9.17, 15) is 9.59 Å². The molecule has 3 aromatic rings. The molecule has 4 N–H and O–H groups in total. The number of hydrogen-bond donors (Lipinski definition) is 3. The van der Waals surface area contributed by atoms with Gasteiger partial charge in [-0.25, -0.2) is 0 Å².